The Hall–Kier alpha value is -1.42. The minimum atomic E-state index is -1.03. The van der Waals surface area contributed by atoms with E-state index in [2.05, 4.69) is 4.74 Å². The lowest BCUT2D eigenvalue weighted by Crippen LogP contribution is -2.08. The van der Waals surface area contributed by atoms with Gasteiger partial charge in [0.2, 0.25) is 0 Å². The summed E-state index contributed by atoms with van der Waals surface area (Å²) in [6.45, 7) is 0. The first-order chi connectivity index (χ1) is 8.10. The second kappa shape index (κ2) is 6.35. The summed E-state index contributed by atoms with van der Waals surface area (Å²) in [6, 6.07) is 2.14. The van der Waals surface area contributed by atoms with Gasteiger partial charge < -0.3 is 4.74 Å². The van der Waals surface area contributed by atoms with E-state index in [-0.39, 0.29) is 0 Å². The van der Waals surface area contributed by atoms with Crippen LogP contribution in [0.25, 0.3) is 6.08 Å². The van der Waals surface area contributed by atoms with Gasteiger partial charge in [-0.25, -0.2) is 13.6 Å². The molecule has 0 fully saturated rings. The Morgan fingerprint density at radius 2 is 2.00 bits per heavy atom. The topological polar surface area (TPSA) is 26.3 Å². The van der Waals surface area contributed by atoms with Gasteiger partial charge in [0.25, 0.3) is 0 Å². The molecule has 0 aromatic heterocycles. The third-order valence-corrected chi connectivity index (χ3v) is 2.26. The second-order valence-electron chi connectivity index (χ2n) is 3.23. The molecule has 92 valence electrons. The molecule has 1 aromatic carbocycles. The molecular formula is C12H11ClF2O2. The van der Waals surface area contributed by atoms with Crippen LogP contribution < -0.4 is 0 Å². The number of carbonyl (C=O) groups excluding carboxylic acids is 1. The van der Waals surface area contributed by atoms with Crippen molar-refractivity contribution in [1.29, 1.82) is 0 Å². The minimum absolute atomic E-state index is 0.331. The number of allylic oxidation sites excluding steroid dienone is 1. The third-order valence-electron chi connectivity index (χ3n) is 2.04. The van der Waals surface area contributed by atoms with Crippen LogP contribution >= 0.6 is 11.6 Å². The van der Waals surface area contributed by atoms with E-state index < -0.39 is 23.2 Å². The smallest absolute Gasteiger partial charge is 0.343 e. The second-order valence-corrected chi connectivity index (χ2v) is 3.61. The fraction of sp³-hybridized carbons (Fsp3) is 0.250. The Morgan fingerprint density at radius 1 is 1.41 bits per heavy atom. The van der Waals surface area contributed by atoms with E-state index in [4.69, 9.17) is 11.6 Å². The number of esters is 1. The monoisotopic (exact) mass is 260 g/mol. The molecule has 0 aliphatic carbocycles. The summed E-state index contributed by atoms with van der Waals surface area (Å²) in [5.74, 6) is -2.48. The molecule has 0 radical (unpaired) electrons. The first-order valence-electron chi connectivity index (χ1n) is 4.90. The summed E-state index contributed by atoms with van der Waals surface area (Å²) in [6.07, 6.45) is 3.83. The summed E-state index contributed by atoms with van der Waals surface area (Å²) < 4.78 is 31.2. The van der Waals surface area contributed by atoms with Crippen LogP contribution in [0, 0.1) is 11.6 Å². The van der Waals surface area contributed by atoms with Crippen molar-refractivity contribution in [2.45, 2.75) is 6.42 Å². The zero-order chi connectivity index (χ0) is 12.8. The predicted molar refractivity (Wildman–Crippen MR) is 62.1 cm³/mol. The van der Waals surface area contributed by atoms with Crippen LogP contribution in [-0.2, 0) is 4.74 Å². The van der Waals surface area contributed by atoms with E-state index in [1.165, 1.54) is 6.08 Å². The molecule has 0 saturated carbocycles. The first-order valence-corrected chi connectivity index (χ1v) is 5.43. The van der Waals surface area contributed by atoms with Gasteiger partial charge in [-0.15, -0.1) is 11.6 Å². The lowest BCUT2D eigenvalue weighted by molar-refractivity contribution is 0.0590. The Balaban J connectivity index is 3.05. The van der Waals surface area contributed by atoms with Gasteiger partial charge in [-0.1, -0.05) is 12.2 Å². The molecule has 0 saturated heterocycles. The summed E-state index contributed by atoms with van der Waals surface area (Å²) in [7, 11) is 1.06. The zero-order valence-electron chi connectivity index (χ0n) is 9.17. The van der Waals surface area contributed by atoms with E-state index in [1.54, 1.807) is 6.08 Å². The number of alkyl halides is 1. The molecule has 0 spiro atoms. The zero-order valence-corrected chi connectivity index (χ0v) is 9.93. The van der Waals surface area contributed by atoms with Gasteiger partial charge in [0.15, 0.2) is 0 Å². The van der Waals surface area contributed by atoms with Gasteiger partial charge in [0.05, 0.1) is 7.11 Å². The maximum atomic E-state index is 13.5. The average molecular weight is 261 g/mol. The third kappa shape index (κ3) is 3.53. The number of benzene rings is 1. The van der Waals surface area contributed by atoms with E-state index >= 15 is 0 Å². The highest BCUT2D eigenvalue weighted by molar-refractivity contribution is 6.17. The summed E-state index contributed by atoms with van der Waals surface area (Å²) in [5.41, 5.74) is -0.347. The molecule has 5 heteroatoms. The Labute approximate surface area is 103 Å². The van der Waals surface area contributed by atoms with Crippen molar-refractivity contribution in [2.24, 2.45) is 0 Å². The lowest BCUT2D eigenvalue weighted by atomic mass is 10.1. The largest absolute Gasteiger partial charge is 0.465 e. The highest BCUT2D eigenvalue weighted by Crippen LogP contribution is 2.17. The fourth-order valence-electron chi connectivity index (χ4n) is 1.27. The molecule has 17 heavy (non-hydrogen) atoms. The molecule has 0 heterocycles. The number of halogens is 3. The molecule has 0 unspecified atom stereocenters. The fourth-order valence-corrected chi connectivity index (χ4v) is 1.39. The quantitative estimate of drug-likeness (QED) is 0.613. The summed E-state index contributed by atoms with van der Waals surface area (Å²) >= 11 is 5.46. The average Bonchev–Trinajstić information content (AvgIpc) is 2.28. The van der Waals surface area contributed by atoms with Crippen LogP contribution in [0.1, 0.15) is 22.3 Å². The van der Waals surface area contributed by atoms with E-state index in [0.29, 0.717) is 17.9 Å². The maximum Gasteiger partial charge on any atom is 0.343 e. The highest BCUT2D eigenvalue weighted by atomic mass is 35.5. The van der Waals surface area contributed by atoms with Gasteiger partial charge in [-0.2, -0.15) is 0 Å². The van der Waals surface area contributed by atoms with Crippen LogP contribution in [0.3, 0.4) is 0 Å². The van der Waals surface area contributed by atoms with Crippen LogP contribution in [0.2, 0.25) is 0 Å². The van der Waals surface area contributed by atoms with Crippen LogP contribution in [0.15, 0.2) is 18.2 Å². The molecule has 0 bridgehead atoms. The van der Waals surface area contributed by atoms with Crippen LogP contribution in [0.5, 0.6) is 0 Å². The van der Waals surface area contributed by atoms with Crippen molar-refractivity contribution >= 4 is 23.6 Å². The SMILES string of the molecule is COC(=O)c1c(F)cc(C=CCCCl)cc1F. The normalized spacial score (nSPS) is 10.8. The number of methoxy groups -OCH3 is 1. The molecule has 1 aromatic rings. The summed E-state index contributed by atoms with van der Waals surface area (Å²) in [4.78, 5) is 11.1. The van der Waals surface area contributed by atoms with E-state index in [0.717, 1.165) is 19.2 Å². The van der Waals surface area contributed by atoms with Crippen molar-refractivity contribution in [3.63, 3.8) is 0 Å². The van der Waals surface area contributed by atoms with Crippen molar-refractivity contribution in [3.8, 4) is 0 Å². The predicted octanol–water partition coefficient (Wildman–Crippen LogP) is 3.39. The van der Waals surface area contributed by atoms with Crippen molar-refractivity contribution in [3.05, 3.63) is 41.0 Å². The van der Waals surface area contributed by atoms with Gasteiger partial charge >= 0.3 is 5.97 Å². The van der Waals surface area contributed by atoms with Gasteiger partial charge in [0, 0.05) is 5.88 Å². The number of ether oxygens (including phenoxy) is 1. The molecule has 0 aliphatic rings. The van der Waals surface area contributed by atoms with Gasteiger partial charge in [0.1, 0.15) is 17.2 Å². The van der Waals surface area contributed by atoms with Crippen molar-refractivity contribution < 1.29 is 18.3 Å². The molecule has 1 rings (SSSR count). The standard InChI is InChI=1S/C12H11ClF2O2/c1-17-12(16)11-9(14)6-8(7-10(11)15)4-2-3-5-13/h2,4,6-7H,3,5H2,1H3. The Morgan fingerprint density at radius 3 is 2.47 bits per heavy atom. The Bertz CT molecular complexity index is 421. The molecule has 0 aliphatic heterocycles. The number of carbonyl (C=O) groups is 1. The van der Waals surface area contributed by atoms with Gasteiger partial charge in [-0.3, -0.25) is 0 Å². The number of hydrogen-bond acceptors (Lipinski definition) is 2. The van der Waals surface area contributed by atoms with E-state index in [9.17, 15) is 13.6 Å². The van der Waals surface area contributed by atoms with E-state index in [1.807, 2.05) is 0 Å². The van der Waals surface area contributed by atoms with Crippen LogP contribution in [-0.4, -0.2) is 19.0 Å². The molecular weight excluding hydrogens is 250 g/mol. The molecule has 0 N–H and O–H groups in total. The molecule has 2 nitrogen and oxygen atoms in total. The van der Waals surface area contributed by atoms with Crippen molar-refractivity contribution in [2.75, 3.05) is 13.0 Å². The van der Waals surface area contributed by atoms with Crippen LogP contribution in [0.4, 0.5) is 8.78 Å². The Kier molecular flexibility index (Phi) is 5.10. The minimum Gasteiger partial charge on any atom is -0.465 e. The summed E-state index contributed by atoms with van der Waals surface area (Å²) in [5, 5.41) is 0. The molecule has 0 atom stereocenters. The number of rotatable bonds is 4. The highest BCUT2D eigenvalue weighted by Gasteiger charge is 2.18. The number of hydrogen-bond donors (Lipinski definition) is 0. The van der Waals surface area contributed by atoms with Gasteiger partial charge in [-0.05, 0) is 24.1 Å². The first kappa shape index (κ1) is 13.6. The maximum absolute atomic E-state index is 13.5. The molecule has 0 amide bonds. The van der Waals surface area contributed by atoms with Crippen molar-refractivity contribution in [1.82, 2.24) is 0 Å². The lowest BCUT2D eigenvalue weighted by Gasteiger charge is -2.04.